The highest BCUT2D eigenvalue weighted by molar-refractivity contribution is 6.01. The summed E-state index contributed by atoms with van der Waals surface area (Å²) in [5.74, 6) is -0.844. The summed E-state index contributed by atoms with van der Waals surface area (Å²) < 4.78 is 0. The molecule has 0 aliphatic rings. The van der Waals surface area contributed by atoms with Crippen molar-refractivity contribution in [1.29, 1.82) is 0 Å². The average Bonchev–Trinajstić information content (AvgIpc) is 2.33. The molecule has 0 atom stereocenters. The number of primary amides is 1. The van der Waals surface area contributed by atoms with Crippen LogP contribution in [0.5, 0.6) is 0 Å². The highest BCUT2D eigenvalue weighted by Gasteiger charge is 2.19. The van der Waals surface area contributed by atoms with Crippen LogP contribution in [0.3, 0.4) is 0 Å². The molecule has 6 heteroatoms. The van der Waals surface area contributed by atoms with Gasteiger partial charge in [0.2, 0.25) is 5.91 Å². The molecule has 6 N–H and O–H groups in total. The molecular weight excluding hydrogens is 244 g/mol. The first-order chi connectivity index (χ1) is 8.95. The third-order valence-electron chi connectivity index (χ3n) is 2.72. The van der Waals surface area contributed by atoms with Gasteiger partial charge in [-0.25, -0.2) is 0 Å². The Morgan fingerprint density at radius 3 is 2.47 bits per heavy atom. The van der Waals surface area contributed by atoms with E-state index in [2.05, 4.69) is 0 Å². The van der Waals surface area contributed by atoms with E-state index < -0.39 is 5.91 Å². The monoisotopic (exact) mass is 264 g/mol. The second-order valence-corrected chi connectivity index (χ2v) is 4.39. The third-order valence-corrected chi connectivity index (χ3v) is 2.72. The summed E-state index contributed by atoms with van der Waals surface area (Å²) >= 11 is 0. The summed E-state index contributed by atoms with van der Waals surface area (Å²) in [4.78, 5) is 24.8. The molecule has 1 aromatic rings. The number of benzene rings is 1. The number of nitrogens with two attached hydrogens (primary N) is 3. The molecule has 104 valence electrons. The van der Waals surface area contributed by atoms with Gasteiger partial charge in [-0.15, -0.1) is 0 Å². The molecule has 0 unspecified atom stereocenters. The second-order valence-electron chi connectivity index (χ2n) is 4.39. The van der Waals surface area contributed by atoms with Gasteiger partial charge in [-0.3, -0.25) is 9.59 Å². The number of carbonyl (C=O) groups is 2. The predicted octanol–water partition coefficient (Wildman–Crippen LogP) is 0.579. The topological polar surface area (TPSA) is 115 Å². The van der Waals surface area contributed by atoms with E-state index in [4.69, 9.17) is 17.2 Å². The fourth-order valence-electron chi connectivity index (χ4n) is 1.74. The first kappa shape index (κ1) is 14.8. The Morgan fingerprint density at radius 1 is 1.26 bits per heavy atom. The molecule has 0 fully saturated rings. The first-order valence-corrected chi connectivity index (χ1v) is 6.18. The number of unbranched alkanes of at least 4 members (excludes halogenated alkanes) is 1. The molecule has 0 saturated carbocycles. The Labute approximate surface area is 112 Å². The van der Waals surface area contributed by atoms with Crippen molar-refractivity contribution in [2.24, 2.45) is 5.73 Å². The summed E-state index contributed by atoms with van der Waals surface area (Å²) in [6, 6.07) is 4.69. The number of hydrogen-bond acceptors (Lipinski definition) is 4. The van der Waals surface area contributed by atoms with Crippen LogP contribution >= 0.6 is 0 Å². The first-order valence-electron chi connectivity index (χ1n) is 6.18. The zero-order chi connectivity index (χ0) is 14.4. The maximum absolute atomic E-state index is 12.3. The van der Waals surface area contributed by atoms with Crippen LogP contribution in [0.4, 0.5) is 11.4 Å². The van der Waals surface area contributed by atoms with Crippen LogP contribution in [0, 0.1) is 0 Å². The molecule has 0 aliphatic carbocycles. The molecule has 2 amide bonds. The van der Waals surface area contributed by atoms with E-state index in [9.17, 15) is 9.59 Å². The molecule has 0 heterocycles. The van der Waals surface area contributed by atoms with Gasteiger partial charge in [0.1, 0.15) is 0 Å². The highest BCUT2D eigenvalue weighted by atomic mass is 16.2. The van der Waals surface area contributed by atoms with E-state index in [0.717, 1.165) is 12.8 Å². The maximum Gasteiger partial charge on any atom is 0.256 e. The van der Waals surface area contributed by atoms with Gasteiger partial charge in [0, 0.05) is 17.9 Å². The number of anilines is 2. The molecule has 1 aromatic carbocycles. The van der Waals surface area contributed by atoms with E-state index in [1.165, 1.54) is 11.0 Å². The van der Waals surface area contributed by atoms with Crippen molar-refractivity contribution in [3.05, 3.63) is 23.8 Å². The van der Waals surface area contributed by atoms with Crippen molar-refractivity contribution >= 4 is 23.2 Å². The minimum Gasteiger partial charge on any atom is -0.399 e. The quantitative estimate of drug-likeness (QED) is 0.652. The van der Waals surface area contributed by atoms with Crippen LogP contribution in [0.2, 0.25) is 0 Å². The Balaban J connectivity index is 2.93. The summed E-state index contributed by atoms with van der Waals surface area (Å²) in [7, 11) is 0. The van der Waals surface area contributed by atoms with Crippen LogP contribution in [0.25, 0.3) is 0 Å². The average molecular weight is 264 g/mol. The van der Waals surface area contributed by atoms with E-state index in [0.29, 0.717) is 23.5 Å². The molecule has 19 heavy (non-hydrogen) atoms. The van der Waals surface area contributed by atoms with Crippen LogP contribution in [-0.4, -0.2) is 29.8 Å². The van der Waals surface area contributed by atoms with Gasteiger partial charge in [0.05, 0.1) is 12.1 Å². The lowest BCUT2D eigenvalue weighted by Gasteiger charge is -2.21. The Bertz CT molecular complexity index is 474. The number of nitrogens with zero attached hydrogens (tertiary/aromatic N) is 1. The molecule has 0 radical (unpaired) electrons. The molecule has 0 saturated heterocycles. The van der Waals surface area contributed by atoms with Crippen molar-refractivity contribution in [2.75, 3.05) is 24.6 Å². The largest absolute Gasteiger partial charge is 0.399 e. The highest BCUT2D eigenvalue weighted by Crippen LogP contribution is 2.18. The van der Waals surface area contributed by atoms with Crippen molar-refractivity contribution in [2.45, 2.75) is 19.8 Å². The van der Waals surface area contributed by atoms with Crippen LogP contribution in [-0.2, 0) is 4.79 Å². The van der Waals surface area contributed by atoms with E-state index >= 15 is 0 Å². The maximum atomic E-state index is 12.3. The summed E-state index contributed by atoms with van der Waals surface area (Å²) in [5, 5.41) is 0. The minimum absolute atomic E-state index is 0.108. The SMILES string of the molecule is CCCCN(CC(N)=O)C(=O)c1ccc(N)cc1N. The van der Waals surface area contributed by atoms with Gasteiger partial charge in [-0.1, -0.05) is 13.3 Å². The van der Waals surface area contributed by atoms with E-state index in [1.54, 1.807) is 12.1 Å². The smallest absolute Gasteiger partial charge is 0.256 e. The normalized spacial score (nSPS) is 10.2. The van der Waals surface area contributed by atoms with Gasteiger partial charge >= 0.3 is 0 Å². The number of nitrogen functional groups attached to an aromatic ring is 2. The zero-order valence-electron chi connectivity index (χ0n) is 11.1. The number of hydrogen-bond donors (Lipinski definition) is 3. The van der Waals surface area contributed by atoms with Crippen molar-refractivity contribution < 1.29 is 9.59 Å². The summed E-state index contributed by atoms with van der Waals surface area (Å²) in [5.41, 5.74) is 17.7. The Kier molecular flexibility index (Phi) is 5.17. The van der Waals surface area contributed by atoms with Crippen molar-refractivity contribution in [3.63, 3.8) is 0 Å². The van der Waals surface area contributed by atoms with Crippen LogP contribution in [0.15, 0.2) is 18.2 Å². The van der Waals surface area contributed by atoms with Gasteiger partial charge in [0.25, 0.3) is 5.91 Å². The minimum atomic E-state index is -0.543. The summed E-state index contributed by atoms with van der Waals surface area (Å²) in [6.07, 6.45) is 1.72. The number of rotatable bonds is 6. The van der Waals surface area contributed by atoms with E-state index in [-0.39, 0.29) is 12.5 Å². The zero-order valence-corrected chi connectivity index (χ0v) is 11.1. The standard InChI is InChI=1S/C13H20N4O2/c1-2-3-6-17(8-12(16)18)13(19)10-5-4-9(14)7-11(10)15/h4-5,7H,2-3,6,8,14-15H2,1H3,(H2,16,18). The van der Waals surface area contributed by atoms with Crippen LogP contribution < -0.4 is 17.2 Å². The molecular formula is C13H20N4O2. The summed E-state index contributed by atoms with van der Waals surface area (Å²) in [6.45, 7) is 2.37. The molecule has 0 spiro atoms. The lowest BCUT2D eigenvalue weighted by Crippen LogP contribution is -2.39. The molecule has 0 aromatic heterocycles. The van der Waals surface area contributed by atoms with Gasteiger partial charge in [-0.05, 0) is 24.6 Å². The molecule has 1 rings (SSSR count). The molecule has 6 nitrogen and oxygen atoms in total. The van der Waals surface area contributed by atoms with Crippen LogP contribution in [0.1, 0.15) is 30.1 Å². The lowest BCUT2D eigenvalue weighted by molar-refractivity contribution is -0.118. The Morgan fingerprint density at radius 2 is 1.95 bits per heavy atom. The lowest BCUT2D eigenvalue weighted by atomic mass is 10.1. The number of carbonyl (C=O) groups excluding carboxylic acids is 2. The molecule has 0 aliphatic heterocycles. The Hall–Kier alpha value is -2.24. The van der Waals surface area contributed by atoms with E-state index in [1.807, 2.05) is 6.92 Å². The van der Waals surface area contributed by atoms with Gasteiger partial charge < -0.3 is 22.1 Å². The number of amides is 2. The van der Waals surface area contributed by atoms with Crippen molar-refractivity contribution in [3.8, 4) is 0 Å². The third kappa shape index (κ3) is 4.17. The fourth-order valence-corrected chi connectivity index (χ4v) is 1.74. The van der Waals surface area contributed by atoms with Crippen molar-refractivity contribution in [1.82, 2.24) is 4.90 Å². The van der Waals surface area contributed by atoms with Gasteiger partial charge in [0.15, 0.2) is 0 Å². The van der Waals surface area contributed by atoms with Gasteiger partial charge in [-0.2, -0.15) is 0 Å². The molecule has 0 bridgehead atoms. The second kappa shape index (κ2) is 6.63. The fraction of sp³-hybridized carbons (Fsp3) is 0.385. The predicted molar refractivity (Wildman–Crippen MR) is 75.3 cm³/mol.